The van der Waals surface area contributed by atoms with Crippen LogP contribution in [0.25, 0.3) is 0 Å². The van der Waals surface area contributed by atoms with E-state index in [9.17, 15) is 13.5 Å². The summed E-state index contributed by atoms with van der Waals surface area (Å²) in [6.45, 7) is 4.39. The van der Waals surface area contributed by atoms with Gasteiger partial charge in [0.1, 0.15) is 0 Å². The van der Waals surface area contributed by atoms with Crippen molar-refractivity contribution in [2.75, 3.05) is 13.1 Å². The van der Waals surface area contributed by atoms with E-state index in [1.807, 2.05) is 13.0 Å². The van der Waals surface area contributed by atoms with E-state index in [0.717, 1.165) is 5.56 Å². The lowest BCUT2D eigenvalue weighted by Crippen LogP contribution is -2.45. The van der Waals surface area contributed by atoms with Crippen LogP contribution in [0.5, 0.6) is 0 Å². The molecule has 5 heteroatoms. The molecule has 18 heavy (non-hydrogen) atoms. The van der Waals surface area contributed by atoms with Crippen LogP contribution < -0.4 is 0 Å². The molecule has 0 aromatic heterocycles. The molecule has 0 aliphatic carbocycles. The van der Waals surface area contributed by atoms with Crippen molar-refractivity contribution in [3.05, 3.63) is 29.8 Å². The lowest BCUT2D eigenvalue weighted by molar-refractivity contribution is 0.0126. The van der Waals surface area contributed by atoms with Crippen molar-refractivity contribution in [2.24, 2.45) is 0 Å². The Balaban J connectivity index is 2.23. The van der Waals surface area contributed by atoms with E-state index in [2.05, 4.69) is 0 Å². The first-order chi connectivity index (χ1) is 8.31. The highest BCUT2D eigenvalue weighted by atomic mass is 32.2. The standard InChI is InChI=1S/C13H19NO3S/c1-11-4-3-5-12(10-11)18(16,17)14-8-6-13(2,15)7-9-14/h3-5,10,15H,6-9H2,1-2H3. The second-order valence-corrected chi connectivity index (χ2v) is 7.16. The summed E-state index contributed by atoms with van der Waals surface area (Å²) >= 11 is 0. The van der Waals surface area contributed by atoms with Crippen LogP contribution in [0.15, 0.2) is 29.2 Å². The van der Waals surface area contributed by atoms with Gasteiger partial charge in [-0.15, -0.1) is 0 Å². The maximum Gasteiger partial charge on any atom is 0.243 e. The Morgan fingerprint density at radius 3 is 2.44 bits per heavy atom. The molecule has 1 heterocycles. The zero-order chi connectivity index (χ0) is 13.4. The van der Waals surface area contributed by atoms with Crippen LogP contribution in [0.2, 0.25) is 0 Å². The fraction of sp³-hybridized carbons (Fsp3) is 0.538. The van der Waals surface area contributed by atoms with Gasteiger partial charge in [-0.05, 0) is 44.4 Å². The van der Waals surface area contributed by atoms with Crippen LogP contribution in [0, 0.1) is 6.92 Å². The van der Waals surface area contributed by atoms with Gasteiger partial charge in [-0.2, -0.15) is 4.31 Å². The molecule has 1 aromatic rings. The lowest BCUT2D eigenvalue weighted by Gasteiger charge is -2.35. The van der Waals surface area contributed by atoms with Gasteiger partial charge >= 0.3 is 0 Å². The van der Waals surface area contributed by atoms with Gasteiger partial charge in [0, 0.05) is 13.1 Å². The number of sulfonamides is 1. The van der Waals surface area contributed by atoms with Crippen molar-refractivity contribution < 1.29 is 13.5 Å². The summed E-state index contributed by atoms with van der Waals surface area (Å²) in [6.07, 6.45) is 0.968. The van der Waals surface area contributed by atoms with E-state index in [0.29, 0.717) is 30.8 Å². The van der Waals surface area contributed by atoms with Gasteiger partial charge in [-0.25, -0.2) is 8.42 Å². The Bertz CT molecular complexity index is 527. The van der Waals surface area contributed by atoms with Crippen molar-refractivity contribution in [2.45, 2.75) is 37.2 Å². The molecule has 0 spiro atoms. The van der Waals surface area contributed by atoms with Gasteiger partial charge in [0.25, 0.3) is 0 Å². The lowest BCUT2D eigenvalue weighted by atomic mass is 9.95. The van der Waals surface area contributed by atoms with Crippen molar-refractivity contribution in [3.63, 3.8) is 0 Å². The normalized spacial score (nSPS) is 20.8. The molecule has 0 saturated carbocycles. The molecular weight excluding hydrogens is 250 g/mol. The predicted molar refractivity (Wildman–Crippen MR) is 69.8 cm³/mol. The van der Waals surface area contributed by atoms with Gasteiger partial charge in [0.05, 0.1) is 10.5 Å². The molecule has 1 aliphatic heterocycles. The monoisotopic (exact) mass is 269 g/mol. The fourth-order valence-corrected chi connectivity index (χ4v) is 3.68. The molecule has 1 N–H and O–H groups in total. The summed E-state index contributed by atoms with van der Waals surface area (Å²) in [5.74, 6) is 0. The number of nitrogens with zero attached hydrogens (tertiary/aromatic N) is 1. The SMILES string of the molecule is Cc1cccc(S(=O)(=O)N2CCC(C)(O)CC2)c1. The highest BCUT2D eigenvalue weighted by Gasteiger charge is 2.33. The molecule has 4 nitrogen and oxygen atoms in total. The van der Waals surface area contributed by atoms with Crippen molar-refractivity contribution >= 4 is 10.0 Å². The highest BCUT2D eigenvalue weighted by molar-refractivity contribution is 7.89. The predicted octanol–water partition coefficient (Wildman–Crippen LogP) is 1.53. The first kappa shape index (κ1) is 13.5. The van der Waals surface area contributed by atoms with E-state index in [1.54, 1.807) is 25.1 Å². The van der Waals surface area contributed by atoms with Gasteiger partial charge in [-0.1, -0.05) is 12.1 Å². The van der Waals surface area contributed by atoms with E-state index < -0.39 is 15.6 Å². The highest BCUT2D eigenvalue weighted by Crippen LogP contribution is 2.26. The second-order valence-electron chi connectivity index (χ2n) is 5.22. The Kier molecular flexibility index (Phi) is 3.49. The third-order valence-electron chi connectivity index (χ3n) is 3.43. The number of hydrogen-bond donors (Lipinski definition) is 1. The average Bonchev–Trinajstić information content (AvgIpc) is 2.28. The second kappa shape index (κ2) is 4.64. The smallest absolute Gasteiger partial charge is 0.243 e. The van der Waals surface area contributed by atoms with E-state index in [-0.39, 0.29) is 0 Å². The maximum absolute atomic E-state index is 12.4. The summed E-state index contributed by atoms with van der Waals surface area (Å²) < 4.78 is 26.2. The fourth-order valence-electron chi connectivity index (χ4n) is 2.13. The Labute approximate surface area is 108 Å². The summed E-state index contributed by atoms with van der Waals surface area (Å²) in [7, 11) is -3.41. The first-order valence-electron chi connectivity index (χ1n) is 6.10. The summed E-state index contributed by atoms with van der Waals surface area (Å²) in [4.78, 5) is 0.337. The van der Waals surface area contributed by atoms with Crippen LogP contribution in [-0.2, 0) is 10.0 Å². The first-order valence-corrected chi connectivity index (χ1v) is 7.54. The number of rotatable bonds is 2. The zero-order valence-corrected chi connectivity index (χ0v) is 11.6. The Morgan fingerprint density at radius 2 is 1.89 bits per heavy atom. The maximum atomic E-state index is 12.4. The number of piperidine rings is 1. The molecule has 1 aliphatic rings. The average molecular weight is 269 g/mol. The van der Waals surface area contributed by atoms with Crippen LogP contribution in [-0.4, -0.2) is 36.5 Å². The van der Waals surface area contributed by atoms with Crippen molar-refractivity contribution in [3.8, 4) is 0 Å². The number of benzene rings is 1. The van der Waals surface area contributed by atoms with Gasteiger partial charge in [-0.3, -0.25) is 0 Å². The van der Waals surface area contributed by atoms with Crippen molar-refractivity contribution in [1.82, 2.24) is 4.31 Å². The largest absolute Gasteiger partial charge is 0.390 e. The summed E-state index contributed by atoms with van der Waals surface area (Å²) in [6, 6.07) is 6.93. The van der Waals surface area contributed by atoms with Crippen molar-refractivity contribution in [1.29, 1.82) is 0 Å². The van der Waals surface area contributed by atoms with Crippen LogP contribution >= 0.6 is 0 Å². The molecule has 2 rings (SSSR count). The van der Waals surface area contributed by atoms with E-state index >= 15 is 0 Å². The topological polar surface area (TPSA) is 57.6 Å². The molecule has 0 unspecified atom stereocenters. The molecule has 0 atom stereocenters. The number of aliphatic hydroxyl groups is 1. The third-order valence-corrected chi connectivity index (χ3v) is 5.32. The number of hydrogen-bond acceptors (Lipinski definition) is 3. The molecular formula is C13H19NO3S. The van der Waals surface area contributed by atoms with E-state index in [4.69, 9.17) is 0 Å². The number of aryl methyl sites for hydroxylation is 1. The minimum Gasteiger partial charge on any atom is -0.390 e. The summed E-state index contributed by atoms with van der Waals surface area (Å²) in [5, 5.41) is 9.85. The minimum absolute atomic E-state index is 0.337. The molecule has 0 amide bonds. The van der Waals surface area contributed by atoms with Crippen LogP contribution in [0.4, 0.5) is 0 Å². The zero-order valence-electron chi connectivity index (χ0n) is 10.8. The summed E-state index contributed by atoms with van der Waals surface area (Å²) in [5.41, 5.74) is 0.193. The quantitative estimate of drug-likeness (QED) is 0.886. The molecule has 1 fully saturated rings. The van der Waals surface area contributed by atoms with Crippen LogP contribution in [0.1, 0.15) is 25.3 Å². The third kappa shape index (κ3) is 2.74. The van der Waals surface area contributed by atoms with Crippen LogP contribution in [0.3, 0.4) is 0 Å². The van der Waals surface area contributed by atoms with Gasteiger partial charge in [0.2, 0.25) is 10.0 Å². The van der Waals surface area contributed by atoms with Gasteiger partial charge in [0.15, 0.2) is 0 Å². The van der Waals surface area contributed by atoms with E-state index in [1.165, 1.54) is 4.31 Å². The molecule has 1 saturated heterocycles. The minimum atomic E-state index is -3.41. The molecule has 1 aromatic carbocycles. The molecule has 0 radical (unpaired) electrons. The Hall–Kier alpha value is -0.910. The Morgan fingerprint density at radius 1 is 1.28 bits per heavy atom. The van der Waals surface area contributed by atoms with Gasteiger partial charge < -0.3 is 5.11 Å². The molecule has 100 valence electrons. The molecule has 0 bridgehead atoms.